The zero-order chi connectivity index (χ0) is 13.1. The molecule has 2 heterocycles. The van der Waals surface area contributed by atoms with E-state index >= 15 is 0 Å². The van der Waals surface area contributed by atoms with Crippen molar-refractivity contribution in [3.63, 3.8) is 0 Å². The molecule has 0 atom stereocenters. The van der Waals surface area contributed by atoms with Gasteiger partial charge in [-0.1, -0.05) is 11.8 Å². The maximum absolute atomic E-state index is 4.44. The molecule has 0 aliphatic heterocycles. The van der Waals surface area contributed by atoms with Crippen LogP contribution in [0.3, 0.4) is 0 Å². The van der Waals surface area contributed by atoms with Crippen molar-refractivity contribution in [3.05, 3.63) is 11.9 Å². The van der Waals surface area contributed by atoms with Gasteiger partial charge in [0.2, 0.25) is 0 Å². The Bertz CT molecular complexity index is 531. The summed E-state index contributed by atoms with van der Waals surface area (Å²) in [6, 6.07) is 1.90. The molecule has 0 unspecified atom stereocenters. The Morgan fingerprint density at radius 1 is 1.28 bits per heavy atom. The topological polar surface area (TPSA) is 68.5 Å². The Balaban J connectivity index is 2.31. The second-order valence-corrected chi connectivity index (χ2v) is 5.28. The molecule has 6 nitrogen and oxygen atoms in total. The van der Waals surface area contributed by atoms with Crippen molar-refractivity contribution < 1.29 is 0 Å². The number of aryl methyl sites for hydroxylation is 1. The number of aromatic nitrogens is 5. The fourth-order valence-corrected chi connectivity index (χ4v) is 2.52. The van der Waals surface area contributed by atoms with Gasteiger partial charge in [0, 0.05) is 20.2 Å². The van der Waals surface area contributed by atoms with Crippen LogP contribution in [-0.2, 0) is 7.05 Å². The van der Waals surface area contributed by atoms with Gasteiger partial charge in [-0.05, 0) is 24.9 Å². The quantitative estimate of drug-likeness (QED) is 0.521. The number of hydrogen-bond donors (Lipinski definition) is 1. The molecule has 0 aliphatic carbocycles. The summed E-state index contributed by atoms with van der Waals surface area (Å²) in [5.41, 5.74) is 0. The largest absolute Gasteiger partial charge is 0.373 e. The lowest BCUT2D eigenvalue weighted by Gasteiger charge is -2.05. The molecule has 18 heavy (non-hydrogen) atoms. The zero-order valence-electron chi connectivity index (χ0n) is 10.6. The van der Waals surface area contributed by atoms with E-state index in [9.17, 15) is 0 Å². The number of nitrogens with one attached hydrogen (secondary N) is 1. The highest BCUT2D eigenvalue weighted by molar-refractivity contribution is 7.99. The van der Waals surface area contributed by atoms with Crippen molar-refractivity contribution >= 4 is 29.3 Å². The molecule has 2 rings (SSSR count). The fourth-order valence-electron chi connectivity index (χ4n) is 1.25. The molecule has 0 radical (unpaired) electrons. The highest BCUT2D eigenvalue weighted by Gasteiger charge is 2.10. The van der Waals surface area contributed by atoms with Gasteiger partial charge in [-0.25, -0.2) is 9.97 Å². The number of thioether (sulfide) groups is 1. The lowest BCUT2D eigenvalue weighted by Crippen LogP contribution is -1.98. The molecule has 2 aromatic rings. The van der Waals surface area contributed by atoms with Gasteiger partial charge < -0.3 is 9.88 Å². The van der Waals surface area contributed by atoms with E-state index in [-0.39, 0.29) is 0 Å². The molecule has 0 saturated carbocycles. The molecule has 0 aliphatic rings. The predicted molar refractivity (Wildman–Crippen MR) is 73.2 cm³/mol. The second-order valence-electron chi connectivity index (χ2n) is 3.52. The molecule has 96 valence electrons. The average Bonchev–Trinajstić information content (AvgIpc) is 2.70. The maximum atomic E-state index is 4.44. The standard InChI is InChI=1S/C10H14N6S2/c1-6-14-15-10(16(6)3)18-8-5-7(11-2)12-9(13-8)17-4/h5H,1-4H3,(H,11,12,13). The first-order valence-electron chi connectivity index (χ1n) is 5.28. The van der Waals surface area contributed by atoms with Crippen LogP contribution in [0.2, 0.25) is 0 Å². The lowest BCUT2D eigenvalue weighted by molar-refractivity contribution is 0.763. The smallest absolute Gasteiger partial charge is 0.197 e. The summed E-state index contributed by atoms with van der Waals surface area (Å²) in [4.78, 5) is 8.76. The van der Waals surface area contributed by atoms with Crippen LogP contribution in [0.1, 0.15) is 5.82 Å². The summed E-state index contributed by atoms with van der Waals surface area (Å²) >= 11 is 2.99. The number of anilines is 1. The van der Waals surface area contributed by atoms with Crippen molar-refractivity contribution in [3.8, 4) is 0 Å². The first kappa shape index (κ1) is 13.2. The number of rotatable bonds is 4. The third kappa shape index (κ3) is 2.75. The second kappa shape index (κ2) is 5.57. The van der Waals surface area contributed by atoms with Crippen LogP contribution in [0.5, 0.6) is 0 Å². The first-order chi connectivity index (χ1) is 8.63. The van der Waals surface area contributed by atoms with Crippen molar-refractivity contribution in [2.45, 2.75) is 22.3 Å². The van der Waals surface area contributed by atoms with E-state index in [1.807, 2.05) is 37.9 Å². The SMILES string of the molecule is CNc1cc(Sc2nnc(C)n2C)nc(SC)n1. The molecular weight excluding hydrogens is 268 g/mol. The minimum atomic E-state index is 0.739. The molecule has 2 aromatic heterocycles. The minimum Gasteiger partial charge on any atom is -0.373 e. The fraction of sp³-hybridized carbons (Fsp3) is 0.400. The van der Waals surface area contributed by atoms with E-state index in [0.29, 0.717) is 0 Å². The molecule has 0 saturated heterocycles. The third-order valence-electron chi connectivity index (χ3n) is 2.37. The average molecular weight is 282 g/mol. The maximum Gasteiger partial charge on any atom is 0.197 e. The molecule has 0 fully saturated rings. The Morgan fingerprint density at radius 3 is 2.61 bits per heavy atom. The van der Waals surface area contributed by atoms with E-state index in [4.69, 9.17) is 0 Å². The predicted octanol–water partition coefficient (Wildman–Crippen LogP) is 1.83. The van der Waals surface area contributed by atoms with E-state index in [1.165, 1.54) is 23.5 Å². The third-order valence-corrected chi connectivity index (χ3v) is 3.87. The Morgan fingerprint density at radius 2 is 2.06 bits per heavy atom. The summed E-state index contributed by atoms with van der Waals surface area (Å²) in [7, 11) is 3.78. The van der Waals surface area contributed by atoms with E-state index in [2.05, 4.69) is 25.5 Å². The van der Waals surface area contributed by atoms with Crippen LogP contribution < -0.4 is 5.32 Å². The van der Waals surface area contributed by atoms with Crippen molar-refractivity contribution in [2.24, 2.45) is 7.05 Å². The van der Waals surface area contributed by atoms with Crippen molar-refractivity contribution in [1.82, 2.24) is 24.7 Å². The van der Waals surface area contributed by atoms with Crippen LogP contribution >= 0.6 is 23.5 Å². The summed E-state index contributed by atoms with van der Waals surface area (Å²) in [6.07, 6.45) is 1.95. The van der Waals surface area contributed by atoms with Crippen LogP contribution in [0, 0.1) is 6.92 Å². The molecule has 1 N–H and O–H groups in total. The van der Waals surface area contributed by atoms with Gasteiger partial charge in [0.25, 0.3) is 0 Å². The molecule has 0 aromatic carbocycles. The van der Waals surface area contributed by atoms with Gasteiger partial charge in [0.15, 0.2) is 10.3 Å². The van der Waals surface area contributed by atoms with Gasteiger partial charge in [-0.2, -0.15) is 0 Å². The number of nitrogens with zero attached hydrogens (tertiary/aromatic N) is 5. The molecule has 0 bridgehead atoms. The Kier molecular flexibility index (Phi) is 4.07. The van der Waals surface area contributed by atoms with Crippen LogP contribution in [0.4, 0.5) is 5.82 Å². The summed E-state index contributed by atoms with van der Waals surface area (Å²) in [5.74, 6) is 1.68. The van der Waals surface area contributed by atoms with Gasteiger partial charge in [-0.15, -0.1) is 10.2 Å². The van der Waals surface area contributed by atoms with E-state index in [0.717, 1.165) is 27.0 Å². The van der Waals surface area contributed by atoms with Crippen LogP contribution in [0.25, 0.3) is 0 Å². The molecule has 0 spiro atoms. The Labute approximate surface area is 114 Å². The first-order valence-corrected chi connectivity index (χ1v) is 7.33. The van der Waals surface area contributed by atoms with Gasteiger partial charge in [0.05, 0.1) is 0 Å². The van der Waals surface area contributed by atoms with Crippen molar-refractivity contribution in [2.75, 3.05) is 18.6 Å². The van der Waals surface area contributed by atoms with Crippen molar-refractivity contribution in [1.29, 1.82) is 0 Å². The Hall–Kier alpha value is -1.28. The highest BCUT2D eigenvalue weighted by Crippen LogP contribution is 2.27. The molecular formula is C10H14N6S2. The summed E-state index contributed by atoms with van der Waals surface area (Å²) in [6.45, 7) is 1.92. The summed E-state index contributed by atoms with van der Waals surface area (Å²) < 4.78 is 1.94. The van der Waals surface area contributed by atoms with Gasteiger partial charge in [-0.3, -0.25) is 0 Å². The highest BCUT2D eigenvalue weighted by atomic mass is 32.2. The molecule has 0 amide bonds. The zero-order valence-corrected chi connectivity index (χ0v) is 12.3. The van der Waals surface area contributed by atoms with Crippen LogP contribution in [0.15, 0.2) is 21.4 Å². The number of hydrogen-bond acceptors (Lipinski definition) is 7. The van der Waals surface area contributed by atoms with Crippen LogP contribution in [-0.4, -0.2) is 38.0 Å². The lowest BCUT2D eigenvalue weighted by atomic mass is 10.6. The monoisotopic (exact) mass is 282 g/mol. The van der Waals surface area contributed by atoms with E-state index in [1.54, 1.807) is 0 Å². The normalized spacial score (nSPS) is 10.7. The van der Waals surface area contributed by atoms with Gasteiger partial charge >= 0.3 is 0 Å². The van der Waals surface area contributed by atoms with Gasteiger partial charge in [0.1, 0.15) is 16.7 Å². The van der Waals surface area contributed by atoms with E-state index < -0.39 is 0 Å². The molecule has 8 heteroatoms. The summed E-state index contributed by atoms with van der Waals surface area (Å²) in [5, 5.41) is 13.6. The minimum absolute atomic E-state index is 0.739.